The maximum absolute atomic E-state index is 13.6. The first kappa shape index (κ1) is 26.1. The summed E-state index contributed by atoms with van der Waals surface area (Å²) in [7, 11) is 0. The van der Waals surface area contributed by atoms with Crippen LogP contribution < -0.4 is 5.32 Å². The third kappa shape index (κ3) is 7.00. The van der Waals surface area contributed by atoms with Crippen LogP contribution in [0.25, 0.3) is 11.3 Å². The molecular weight excluding hydrogens is 451 g/mol. The zero-order valence-electron chi connectivity index (χ0n) is 19.8. The van der Waals surface area contributed by atoms with Crippen molar-refractivity contribution in [2.45, 2.75) is 57.8 Å². The average molecular weight is 483 g/mol. The maximum Gasteiger partial charge on any atom is 0.305 e. The summed E-state index contributed by atoms with van der Waals surface area (Å²) in [6.07, 6.45) is -2.37. The molecule has 0 saturated carbocycles. The molecule has 3 aromatic rings. The van der Waals surface area contributed by atoms with Crippen molar-refractivity contribution in [3.8, 4) is 11.3 Å². The minimum Gasteiger partial charge on any atom is -0.481 e. The van der Waals surface area contributed by atoms with E-state index in [0.29, 0.717) is 29.1 Å². The second-order valence-corrected chi connectivity index (χ2v) is 8.89. The fourth-order valence-electron chi connectivity index (χ4n) is 4.18. The minimum absolute atomic E-state index is 0.0459. The molecule has 0 saturated heterocycles. The van der Waals surface area contributed by atoms with E-state index >= 15 is 0 Å². The number of rotatable bonds is 11. The van der Waals surface area contributed by atoms with Crippen molar-refractivity contribution in [1.29, 1.82) is 0 Å². The summed E-state index contributed by atoms with van der Waals surface area (Å²) in [4.78, 5) is 24.1. The van der Waals surface area contributed by atoms with Crippen molar-refractivity contribution in [2.75, 3.05) is 5.32 Å². The van der Waals surface area contributed by atoms with Gasteiger partial charge in [-0.3, -0.25) is 9.59 Å². The standard InChI is InChI=1S/C27H31FN2O5/c1-17(2)26-23(27(35)29-20-6-4-3-5-7-20)16-24(18-8-10-19(28)11-9-18)30(26)13-12-21(31)14-22(32)15-25(33)34/h3-11,16-17,21-22,31-32H,12-15H2,1-2H3,(H,29,35)(H,33,34). The van der Waals surface area contributed by atoms with Crippen molar-refractivity contribution in [3.05, 3.63) is 77.7 Å². The lowest BCUT2D eigenvalue weighted by molar-refractivity contribution is -0.139. The number of hydrogen-bond acceptors (Lipinski definition) is 4. The highest BCUT2D eigenvalue weighted by Gasteiger charge is 2.24. The molecule has 1 heterocycles. The Bertz CT molecular complexity index is 1140. The van der Waals surface area contributed by atoms with Crippen LogP contribution in [0.1, 0.15) is 55.1 Å². The molecule has 0 aliphatic carbocycles. The number of aromatic nitrogens is 1. The van der Waals surface area contributed by atoms with Gasteiger partial charge in [0.2, 0.25) is 0 Å². The van der Waals surface area contributed by atoms with Crippen molar-refractivity contribution < 1.29 is 29.3 Å². The molecule has 0 bridgehead atoms. The summed E-state index contributed by atoms with van der Waals surface area (Å²) in [6.45, 7) is 4.25. The van der Waals surface area contributed by atoms with Gasteiger partial charge in [-0.1, -0.05) is 32.0 Å². The van der Waals surface area contributed by atoms with E-state index in [1.54, 1.807) is 30.3 Å². The summed E-state index contributed by atoms with van der Waals surface area (Å²) >= 11 is 0. The quantitative estimate of drug-likeness (QED) is 0.318. The molecule has 3 rings (SSSR count). The Balaban J connectivity index is 1.95. The summed E-state index contributed by atoms with van der Waals surface area (Å²) in [5, 5.41) is 32.1. The number of carboxylic acids is 1. The van der Waals surface area contributed by atoms with Crippen molar-refractivity contribution in [1.82, 2.24) is 4.57 Å². The number of amides is 1. The topological polar surface area (TPSA) is 112 Å². The average Bonchev–Trinajstić information content (AvgIpc) is 3.18. The van der Waals surface area contributed by atoms with Gasteiger partial charge in [-0.2, -0.15) is 0 Å². The van der Waals surface area contributed by atoms with E-state index in [1.165, 1.54) is 12.1 Å². The Hall–Kier alpha value is -3.49. The minimum atomic E-state index is -1.15. The highest BCUT2D eigenvalue weighted by Crippen LogP contribution is 2.32. The van der Waals surface area contributed by atoms with Crippen molar-refractivity contribution >= 4 is 17.6 Å². The number of carboxylic acid groups (broad SMARTS) is 1. The number of aliphatic hydroxyl groups is 2. The van der Waals surface area contributed by atoms with Gasteiger partial charge in [0.15, 0.2) is 0 Å². The molecule has 8 heteroatoms. The lowest BCUT2D eigenvalue weighted by Crippen LogP contribution is -2.22. The van der Waals surface area contributed by atoms with Gasteiger partial charge in [0.25, 0.3) is 5.91 Å². The fraction of sp³-hybridized carbons (Fsp3) is 0.333. The summed E-state index contributed by atoms with van der Waals surface area (Å²) in [6, 6.07) is 16.8. The number of aliphatic hydroxyl groups excluding tert-OH is 2. The van der Waals surface area contributed by atoms with Crippen LogP contribution in [-0.2, 0) is 11.3 Å². The molecule has 2 unspecified atom stereocenters. The van der Waals surface area contributed by atoms with E-state index in [2.05, 4.69) is 5.32 Å². The molecule has 35 heavy (non-hydrogen) atoms. The molecule has 7 nitrogen and oxygen atoms in total. The lowest BCUT2D eigenvalue weighted by Gasteiger charge is -2.20. The second-order valence-electron chi connectivity index (χ2n) is 8.89. The van der Waals surface area contributed by atoms with Crippen LogP contribution >= 0.6 is 0 Å². The predicted molar refractivity (Wildman–Crippen MR) is 132 cm³/mol. The number of hydrogen-bond donors (Lipinski definition) is 4. The third-order valence-electron chi connectivity index (χ3n) is 5.74. The number of nitrogens with zero attached hydrogens (tertiary/aromatic N) is 1. The predicted octanol–water partition coefficient (Wildman–Crippen LogP) is 4.65. The number of carbonyl (C=O) groups is 2. The molecule has 0 fully saturated rings. The van der Waals surface area contributed by atoms with Gasteiger partial charge in [-0.25, -0.2) is 4.39 Å². The summed E-state index contributed by atoms with van der Waals surface area (Å²) in [5.41, 5.74) is 3.31. The highest BCUT2D eigenvalue weighted by molar-refractivity contribution is 6.06. The van der Waals surface area contributed by atoms with Gasteiger partial charge >= 0.3 is 5.97 Å². The first-order valence-electron chi connectivity index (χ1n) is 11.6. The largest absolute Gasteiger partial charge is 0.481 e. The zero-order chi connectivity index (χ0) is 25.5. The van der Waals surface area contributed by atoms with Crippen LogP contribution in [0.5, 0.6) is 0 Å². The van der Waals surface area contributed by atoms with Gasteiger partial charge < -0.3 is 25.2 Å². The Kier molecular flexibility index (Phi) is 8.78. The van der Waals surface area contributed by atoms with Gasteiger partial charge in [0, 0.05) is 23.6 Å². The van der Waals surface area contributed by atoms with E-state index in [9.17, 15) is 24.2 Å². The van der Waals surface area contributed by atoms with Crippen LogP contribution in [0.15, 0.2) is 60.7 Å². The van der Waals surface area contributed by atoms with E-state index in [0.717, 1.165) is 5.69 Å². The summed E-state index contributed by atoms with van der Waals surface area (Å²) in [5.74, 6) is -1.83. The van der Waals surface area contributed by atoms with E-state index < -0.39 is 24.6 Å². The number of halogens is 1. The van der Waals surface area contributed by atoms with Crippen LogP contribution in [0, 0.1) is 5.82 Å². The lowest BCUT2D eigenvalue weighted by atomic mass is 10.0. The van der Waals surface area contributed by atoms with Crippen molar-refractivity contribution in [3.63, 3.8) is 0 Å². The number of nitrogens with one attached hydrogen (secondary N) is 1. The molecule has 0 spiro atoms. The van der Waals surface area contributed by atoms with Gasteiger partial charge in [-0.05, 0) is 66.8 Å². The van der Waals surface area contributed by atoms with Gasteiger partial charge in [0.1, 0.15) is 5.82 Å². The Morgan fingerprint density at radius 1 is 1.00 bits per heavy atom. The SMILES string of the molecule is CC(C)c1c(C(=O)Nc2ccccc2)cc(-c2ccc(F)cc2)n1CCC(O)CC(O)CC(=O)O. The first-order valence-corrected chi connectivity index (χ1v) is 11.6. The fourth-order valence-corrected chi connectivity index (χ4v) is 4.18. The first-order chi connectivity index (χ1) is 16.7. The molecule has 0 radical (unpaired) electrons. The molecule has 1 amide bonds. The van der Waals surface area contributed by atoms with E-state index in [-0.39, 0.29) is 30.5 Å². The van der Waals surface area contributed by atoms with Gasteiger partial charge in [-0.15, -0.1) is 0 Å². The molecule has 0 aliphatic heterocycles. The van der Waals surface area contributed by atoms with Crippen LogP contribution in [0.3, 0.4) is 0 Å². The molecule has 2 atom stereocenters. The Labute approximate surface area is 203 Å². The molecule has 2 aromatic carbocycles. The normalized spacial score (nSPS) is 13.0. The Morgan fingerprint density at radius 2 is 1.66 bits per heavy atom. The number of anilines is 1. The molecule has 1 aromatic heterocycles. The monoisotopic (exact) mass is 482 g/mol. The number of para-hydroxylation sites is 1. The highest BCUT2D eigenvalue weighted by atomic mass is 19.1. The van der Waals surface area contributed by atoms with E-state index in [4.69, 9.17) is 5.11 Å². The third-order valence-corrected chi connectivity index (χ3v) is 5.74. The zero-order valence-corrected chi connectivity index (χ0v) is 19.8. The van der Waals surface area contributed by atoms with Gasteiger partial charge in [0.05, 0.1) is 24.2 Å². The van der Waals surface area contributed by atoms with Crippen molar-refractivity contribution in [2.24, 2.45) is 0 Å². The van der Waals surface area contributed by atoms with Crippen LogP contribution in [-0.4, -0.2) is 44.0 Å². The van der Waals surface area contributed by atoms with Crippen LogP contribution in [0.4, 0.5) is 10.1 Å². The second kappa shape index (κ2) is 11.8. The molecule has 0 aliphatic rings. The summed E-state index contributed by atoms with van der Waals surface area (Å²) < 4.78 is 15.5. The number of carbonyl (C=O) groups excluding carboxylic acids is 1. The number of benzene rings is 2. The number of aliphatic carboxylic acids is 1. The van der Waals surface area contributed by atoms with E-state index in [1.807, 2.05) is 36.6 Å². The Morgan fingerprint density at radius 3 is 2.26 bits per heavy atom. The maximum atomic E-state index is 13.6. The molecule has 4 N–H and O–H groups in total. The van der Waals surface area contributed by atoms with Crippen LogP contribution in [0.2, 0.25) is 0 Å². The molecular formula is C27H31FN2O5. The smallest absolute Gasteiger partial charge is 0.305 e. The molecule has 186 valence electrons.